The van der Waals surface area contributed by atoms with Crippen LogP contribution in [0.5, 0.6) is 0 Å². The second-order valence-corrected chi connectivity index (χ2v) is 6.39. The van der Waals surface area contributed by atoms with Gasteiger partial charge in [0.15, 0.2) is 6.61 Å². The van der Waals surface area contributed by atoms with Crippen LogP contribution in [0.25, 0.3) is 10.9 Å². The van der Waals surface area contributed by atoms with E-state index in [1.165, 1.54) is 0 Å². The van der Waals surface area contributed by atoms with Crippen molar-refractivity contribution in [1.82, 2.24) is 4.98 Å². The zero-order valence-electron chi connectivity index (χ0n) is 12.8. The van der Waals surface area contributed by atoms with Gasteiger partial charge in [-0.3, -0.25) is 4.79 Å². The molecule has 7 heteroatoms. The molecule has 1 heterocycles. The number of hydrogen-bond donors (Lipinski definition) is 1. The summed E-state index contributed by atoms with van der Waals surface area (Å²) in [6, 6.07) is 15.5. The van der Waals surface area contributed by atoms with E-state index in [0.717, 1.165) is 9.86 Å². The molecule has 0 aliphatic heterocycles. The molecule has 126 valence electrons. The SMILES string of the molecule is O=C(COC(=O)c1ccc2nc(Cl)ccc2c1)Nc1ccccc1Br. The number of benzene rings is 2. The number of nitrogens with zero attached hydrogens (tertiary/aromatic N) is 1. The van der Waals surface area contributed by atoms with E-state index >= 15 is 0 Å². The van der Waals surface area contributed by atoms with E-state index in [-0.39, 0.29) is 6.61 Å². The number of amides is 1. The lowest BCUT2D eigenvalue weighted by atomic mass is 10.1. The summed E-state index contributed by atoms with van der Waals surface area (Å²) in [5.74, 6) is -1.01. The van der Waals surface area contributed by atoms with Crippen molar-refractivity contribution in [3.8, 4) is 0 Å². The highest BCUT2D eigenvalue weighted by Crippen LogP contribution is 2.21. The summed E-state index contributed by atoms with van der Waals surface area (Å²) in [6.45, 7) is -0.378. The fraction of sp³-hybridized carbons (Fsp3) is 0.0556. The van der Waals surface area contributed by atoms with Gasteiger partial charge in [-0.05, 0) is 58.4 Å². The molecule has 0 aliphatic carbocycles. The average Bonchev–Trinajstić information content (AvgIpc) is 2.61. The Balaban J connectivity index is 1.63. The molecule has 0 fully saturated rings. The molecule has 1 amide bonds. The monoisotopic (exact) mass is 418 g/mol. The van der Waals surface area contributed by atoms with Crippen LogP contribution in [0, 0.1) is 0 Å². The zero-order valence-corrected chi connectivity index (χ0v) is 15.2. The van der Waals surface area contributed by atoms with Gasteiger partial charge in [0.25, 0.3) is 5.91 Å². The van der Waals surface area contributed by atoms with Gasteiger partial charge in [0.05, 0.1) is 16.8 Å². The lowest BCUT2D eigenvalue weighted by Crippen LogP contribution is -2.21. The van der Waals surface area contributed by atoms with E-state index in [1.807, 2.05) is 6.07 Å². The summed E-state index contributed by atoms with van der Waals surface area (Å²) in [4.78, 5) is 28.2. The first kappa shape index (κ1) is 17.4. The lowest BCUT2D eigenvalue weighted by Gasteiger charge is -2.08. The molecule has 2 aromatic carbocycles. The van der Waals surface area contributed by atoms with Crippen molar-refractivity contribution >= 4 is 56.0 Å². The Labute approximate surface area is 157 Å². The molecule has 0 radical (unpaired) electrons. The Morgan fingerprint density at radius 2 is 1.92 bits per heavy atom. The van der Waals surface area contributed by atoms with Crippen molar-refractivity contribution in [1.29, 1.82) is 0 Å². The number of para-hydroxylation sites is 1. The van der Waals surface area contributed by atoms with Gasteiger partial charge in [-0.1, -0.05) is 23.7 Å². The van der Waals surface area contributed by atoms with E-state index in [4.69, 9.17) is 16.3 Å². The number of aromatic nitrogens is 1. The van der Waals surface area contributed by atoms with E-state index in [9.17, 15) is 9.59 Å². The normalized spacial score (nSPS) is 10.5. The molecule has 1 aromatic heterocycles. The Bertz CT molecular complexity index is 962. The van der Waals surface area contributed by atoms with Crippen LogP contribution in [0.1, 0.15) is 10.4 Å². The van der Waals surface area contributed by atoms with Gasteiger partial charge in [-0.25, -0.2) is 9.78 Å². The summed E-state index contributed by atoms with van der Waals surface area (Å²) < 4.78 is 5.81. The summed E-state index contributed by atoms with van der Waals surface area (Å²) in [5.41, 5.74) is 1.62. The molecule has 5 nitrogen and oxygen atoms in total. The highest BCUT2D eigenvalue weighted by atomic mass is 79.9. The summed E-state index contributed by atoms with van der Waals surface area (Å²) in [5, 5.41) is 3.81. The van der Waals surface area contributed by atoms with Crippen LogP contribution in [0.3, 0.4) is 0 Å². The molecule has 0 spiro atoms. The zero-order chi connectivity index (χ0) is 17.8. The largest absolute Gasteiger partial charge is 0.452 e. The van der Waals surface area contributed by atoms with Gasteiger partial charge >= 0.3 is 5.97 Å². The van der Waals surface area contributed by atoms with Gasteiger partial charge in [0, 0.05) is 9.86 Å². The molecule has 0 bridgehead atoms. The standard InChI is InChI=1S/C18H12BrClN2O3/c19-13-3-1-2-4-15(13)22-17(23)10-25-18(24)12-5-7-14-11(9-12)6-8-16(20)21-14/h1-9H,10H2,(H,22,23). The topological polar surface area (TPSA) is 68.3 Å². The number of ether oxygens (including phenoxy) is 1. The van der Waals surface area contributed by atoms with Crippen molar-refractivity contribution in [2.24, 2.45) is 0 Å². The lowest BCUT2D eigenvalue weighted by molar-refractivity contribution is -0.119. The smallest absolute Gasteiger partial charge is 0.338 e. The predicted molar refractivity (Wildman–Crippen MR) is 99.8 cm³/mol. The third-order valence-electron chi connectivity index (χ3n) is 3.37. The molecule has 1 N–H and O–H groups in total. The molecule has 3 aromatic rings. The average molecular weight is 420 g/mol. The first-order chi connectivity index (χ1) is 12.0. The third kappa shape index (κ3) is 4.35. The van der Waals surface area contributed by atoms with Gasteiger partial charge in [0.1, 0.15) is 5.15 Å². The Hall–Kier alpha value is -2.44. The number of rotatable bonds is 4. The van der Waals surface area contributed by atoms with Crippen molar-refractivity contribution < 1.29 is 14.3 Å². The summed E-state index contributed by atoms with van der Waals surface area (Å²) in [7, 11) is 0. The fourth-order valence-corrected chi connectivity index (χ4v) is 2.73. The maximum absolute atomic E-state index is 12.1. The van der Waals surface area contributed by atoms with Gasteiger partial charge in [-0.2, -0.15) is 0 Å². The van der Waals surface area contributed by atoms with Crippen molar-refractivity contribution in [3.05, 3.63) is 69.8 Å². The first-order valence-corrected chi connectivity index (χ1v) is 8.48. The van der Waals surface area contributed by atoms with Crippen LogP contribution in [0.2, 0.25) is 5.15 Å². The highest BCUT2D eigenvalue weighted by molar-refractivity contribution is 9.10. The molecule has 3 rings (SSSR count). The highest BCUT2D eigenvalue weighted by Gasteiger charge is 2.12. The number of anilines is 1. The number of halogens is 2. The molecular formula is C18H12BrClN2O3. The van der Waals surface area contributed by atoms with E-state index in [0.29, 0.717) is 21.9 Å². The number of pyridine rings is 1. The van der Waals surface area contributed by atoms with Crippen LogP contribution in [-0.4, -0.2) is 23.5 Å². The molecule has 25 heavy (non-hydrogen) atoms. The fourth-order valence-electron chi connectivity index (χ4n) is 2.19. The van der Waals surface area contributed by atoms with E-state index in [1.54, 1.807) is 48.5 Å². The minimum Gasteiger partial charge on any atom is -0.452 e. The molecule has 0 unspecified atom stereocenters. The third-order valence-corrected chi connectivity index (χ3v) is 4.28. The van der Waals surface area contributed by atoms with Crippen molar-refractivity contribution in [2.75, 3.05) is 11.9 Å². The molecule has 0 saturated carbocycles. The van der Waals surface area contributed by atoms with Crippen LogP contribution < -0.4 is 5.32 Å². The summed E-state index contributed by atoms with van der Waals surface area (Å²) in [6.07, 6.45) is 0. The number of carbonyl (C=O) groups excluding carboxylic acids is 2. The van der Waals surface area contributed by atoms with Crippen LogP contribution >= 0.6 is 27.5 Å². The Kier molecular flexibility index (Phi) is 5.31. The molecule has 0 saturated heterocycles. The maximum atomic E-state index is 12.1. The van der Waals surface area contributed by atoms with E-state index in [2.05, 4.69) is 26.2 Å². The number of fused-ring (bicyclic) bond motifs is 1. The second-order valence-electron chi connectivity index (χ2n) is 5.15. The van der Waals surface area contributed by atoms with Crippen LogP contribution in [0.4, 0.5) is 5.69 Å². The second kappa shape index (κ2) is 7.63. The minimum atomic E-state index is -0.584. The molecule has 0 atom stereocenters. The van der Waals surface area contributed by atoms with Crippen LogP contribution in [0.15, 0.2) is 59.1 Å². The van der Waals surface area contributed by atoms with Gasteiger partial charge in [-0.15, -0.1) is 0 Å². The quantitative estimate of drug-likeness (QED) is 0.501. The van der Waals surface area contributed by atoms with E-state index < -0.39 is 11.9 Å². The van der Waals surface area contributed by atoms with Crippen LogP contribution in [-0.2, 0) is 9.53 Å². The van der Waals surface area contributed by atoms with Gasteiger partial charge in [0.2, 0.25) is 0 Å². The van der Waals surface area contributed by atoms with Crippen molar-refractivity contribution in [2.45, 2.75) is 0 Å². The Morgan fingerprint density at radius 1 is 1.12 bits per heavy atom. The Morgan fingerprint density at radius 3 is 2.72 bits per heavy atom. The van der Waals surface area contributed by atoms with Crippen molar-refractivity contribution in [3.63, 3.8) is 0 Å². The molecule has 0 aliphatic rings. The number of carbonyl (C=O) groups is 2. The molecular weight excluding hydrogens is 408 g/mol. The first-order valence-electron chi connectivity index (χ1n) is 7.31. The minimum absolute atomic E-state index is 0.338. The predicted octanol–water partition coefficient (Wildman–Crippen LogP) is 4.45. The number of esters is 1. The maximum Gasteiger partial charge on any atom is 0.338 e. The summed E-state index contributed by atoms with van der Waals surface area (Å²) >= 11 is 9.16. The van der Waals surface area contributed by atoms with Gasteiger partial charge < -0.3 is 10.1 Å². The number of hydrogen-bond acceptors (Lipinski definition) is 4. The number of nitrogens with one attached hydrogen (secondary N) is 1.